The Morgan fingerprint density at radius 2 is 1.78 bits per heavy atom. The Bertz CT molecular complexity index is 1520. The summed E-state index contributed by atoms with van der Waals surface area (Å²) < 4.78 is 13.4. The minimum atomic E-state index is -2.80. The number of aldehydes is 1. The van der Waals surface area contributed by atoms with Crippen molar-refractivity contribution in [3.63, 3.8) is 0 Å². The fourth-order valence-electron chi connectivity index (χ4n) is 6.49. The molecule has 0 saturated carbocycles. The Morgan fingerprint density at radius 1 is 1.11 bits per heavy atom. The second-order valence-corrected chi connectivity index (χ2v) is 18.4. The average molecular weight is 657 g/mol. The van der Waals surface area contributed by atoms with Gasteiger partial charge in [-0.3, -0.25) is 14.6 Å². The van der Waals surface area contributed by atoms with E-state index in [1.54, 1.807) is 36.2 Å². The predicted octanol–water partition coefficient (Wildman–Crippen LogP) is 5.50. The molecule has 242 valence electrons. The number of rotatable bonds is 11. The number of hydrogen-bond acceptors (Lipinski definition) is 7. The molecule has 1 aliphatic heterocycles. The van der Waals surface area contributed by atoms with Crippen molar-refractivity contribution >= 4 is 42.6 Å². The Kier molecular flexibility index (Phi) is 10.7. The number of allylic oxidation sites excluding steroid dienone is 2. The maximum Gasteiger partial charge on any atom is 0.261 e. The normalized spacial score (nSPS) is 21.0. The highest BCUT2D eigenvalue weighted by molar-refractivity contribution is 7.99. The minimum Gasteiger partial charge on any atom is -0.509 e. The minimum absolute atomic E-state index is 0.113. The molecule has 1 aliphatic carbocycles. The fraction of sp³-hybridized carbons (Fsp3) is 0.378. The fourth-order valence-corrected chi connectivity index (χ4v) is 12.2. The van der Waals surface area contributed by atoms with Gasteiger partial charge in [0.05, 0.1) is 23.9 Å². The lowest BCUT2D eigenvalue weighted by molar-refractivity contribution is -0.131. The number of pyridine rings is 1. The molecule has 7 nitrogen and oxygen atoms in total. The molecule has 3 aromatic rings. The molecule has 0 spiro atoms. The molecule has 2 unspecified atom stereocenters. The number of ether oxygens (including phenoxy) is 1. The summed E-state index contributed by atoms with van der Waals surface area (Å²) in [4.78, 5) is 32.8. The molecular formula is C37H44N2O5SSi. The van der Waals surface area contributed by atoms with Crippen molar-refractivity contribution in [2.75, 3.05) is 24.7 Å². The molecule has 3 atom stereocenters. The number of thioether (sulfide) groups is 1. The number of carbonyl (C=O) groups excluding carboxylic acids is 2. The van der Waals surface area contributed by atoms with E-state index in [1.807, 2.05) is 23.1 Å². The lowest BCUT2D eigenvalue weighted by Gasteiger charge is -2.44. The number of nitrogens with zero attached hydrogens (tertiary/aromatic N) is 2. The maximum absolute atomic E-state index is 14.2. The predicted molar refractivity (Wildman–Crippen MR) is 187 cm³/mol. The Balaban J connectivity index is 1.40. The molecule has 1 aromatic heterocycles. The SMILES string of the molecule is CC(Cc1ncccc1C(=O)N1CCSC[C@H]1COC1(C=O)CC=CC=C1O)O[Si](c1ccccc1)(c1ccccc1)C(C)(C)C. The summed E-state index contributed by atoms with van der Waals surface area (Å²) in [5, 5.41) is 12.7. The lowest BCUT2D eigenvalue weighted by atomic mass is 9.94. The molecule has 1 N–H and O–H groups in total. The van der Waals surface area contributed by atoms with Gasteiger partial charge in [-0.2, -0.15) is 11.8 Å². The van der Waals surface area contributed by atoms with Crippen LogP contribution < -0.4 is 10.4 Å². The van der Waals surface area contributed by atoms with Crippen molar-refractivity contribution in [3.05, 3.63) is 114 Å². The molecule has 9 heteroatoms. The zero-order chi connectivity index (χ0) is 32.8. The quantitative estimate of drug-likeness (QED) is 0.215. The third-order valence-corrected chi connectivity index (χ3v) is 15.1. The first-order valence-electron chi connectivity index (χ1n) is 15.9. The Hall–Kier alpha value is -3.50. The van der Waals surface area contributed by atoms with Gasteiger partial charge < -0.3 is 19.2 Å². The summed E-state index contributed by atoms with van der Waals surface area (Å²) in [5.74, 6) is 1.25. The van der Waals surface area contributed by atoms with Gasteiger partial charge in [0.1, 0.15) is 5.76 Å². The summed E-state index contributed by atoms with van der Waals surface area (Å²) >= 11 is 1.75. The molecule has 46 heavy (non-hydrogen) atoms. The van der Waals surface area contributed by atoms with Gasteiger partial charge in [0.2, 0.25) is 0 Å². The van der Waals surface area contributed by atoms with Gasteiger partial charge in [-0.25, -0.2) is 0 Å². The van der Waals surface area contributed by atoms with Crippen molar-refractivity contribution in [2.45, 2.75) is 63.3 Å². The highest BCUT2D eigenvalue weighted by Gasteiger charge is 2.51. The van der Waals surface area contributed by atoms with Gasteiger partial charge in [0.25, 0.3) is 14.2 Å². The molecular weight excluding hydrogens is 613 g/mol. The van der Waals surface area contributed by atoms with Crippen molar-refractivity contribution in [1.29, 1.82) is 0 Å². The Morgan fingerprint density at radius 3 is 2.39 bits per heavy atom. The lowest BCUT2D eigenvalue weighted by Crippen LogP contribution is -2.67. The third-order valence-electron chi connectivity index (χ3n) is 8.85. The van der Waals surface area contributed by atoms with Crippen LogP contribution in [0.1, 0.15) is 50.2 Å². The van der Waals surface area contributed by atoms with Crippen molar-refractivity contribution < 1.29 is 23.9 Å². The highest BCUT2D eigenvalue weighted by atomic mass is 32.2. The van der Waals surface area contributed by atoms with E-state index in [0.717, 1.165) is 5.75 Å². The van der Waals surface area contributed by atoms with Crippen LogP contribution in [-0.4, -0.2) is 77.9 Å². The standard InChI is InChI=1S/C37H44N2O5SSi/c1-28(44-46(36(2,3)4,30-14-7-5-8-15-30)31-16-9-6-10-17-31)24-33-32(18-13-21-38-33)35(42)39-22-23-45-26-29(39)25-43-37(27-40)20-12-11-19-34(37)41/h5-19,21,27-29,41H,20,22-26H2,1-4H3/t28?,29-,37?/m1/s1. The monoisotopic (exact) mass is 656 g/mol. The van der Waals surface area contributed by atoms with Crippen molar-refractivity contribution in [3.8, 4) is 0 Å². The number of benzene rings is 2. The number of hydrogen-bond donors (Lipinski definition) is 1. The largest absolute Gasteiger partial charge is 0.509 e. The van der Waals surface area contributed by atoms with Gasteiger partial charge >= 0.3 is 0 Å². The van der Waals surface area contributed by atoms with Gasteiger partial charge in [-0.15, -0.1) is 0 Å². The molecule has 5 rings (SSSR count). The van der Waals surface area contributed by atoms with E-state index < -0.39 is 13.9 Å². The summed E-state index contributed by atoms with van der Waals surface area (Å²) in [6.07, 6.45) is 7.85. The van der Waals surface area contributed by atoms with Crippen LogP contribution in [0.5, 0.6) is 0 Å². The number of carbonyl (C=O) groups is 2. The third kappa shape index (κ3) is 6.93. The number of aliphatic hydroxyl groups excluding tert-OH is 1. The van der Waals surface area contributed by atoms with Crippen LogP contribution in [0.3, 0.4) is 0 Å². The average Bonchev–Trinajstić information content (AvgIpc) is 3.07. The topological polar surface area (TPSA) is 89.0 Å². The van der Waals surface area contributed by atoms with E-state index in [9.17, 15) is 14.7 Å². The summed E-state index contributed by atoms with van der Waals surface area (Å²) in [6, 6.07) is 24.5. The first kappa shape index (κ1) is 33.8. The van der Waals surface area contributed by atoms with Crippen LogP contribution in [0, 0.1) is 0 Å². The summed E-state index contributed by atoms with van der Waals surface area (Å²) in [5.41, 5.74) is -0.178. The molecule has 0 radical (unpaired) electrons. The second-order valence-electron chi connectivity index (χ2n) is 13.0. The number of aromatic nitrogens is 1. The molecule has 1 fully saturated rings. The van der Waals surface area contributed by atoms with Gasteiger partial charge in [0, 0.05) is 43.2 Å². The molecule has 2 heterocycles. The van der Waals surface area contributed by atoms with E-state index in [4.69, 9.17) is 14.1 Å². The van der Waals surface area contributed by atoms with Gasteiger partial charge in [0.15, 0.2) is 11.9 Å². The van der Waals surface area contributed by atoms with E-state index in [1.165, 1.54) is 16.4 Å². The van der Waals surface area contributed by atoms with Crippen LogP contribution in [0.15, 0.2) is 103 Å². The molecule has 1 amide bonds. The van der Waals surface area contributed by atoms with Gasteiger partial charge in [-0.1, -0.05) is 93.6 Å². The second kappa shape index (κ2) is 14.5. The zero-order valence-corrected chi connectivity index (χ0v) is 28.9. The van der Waals surface area contributed by atoms with Crippen LogP contribution in [0.2, 0.25) is 5.04 Å². The van der Waals surface area contributed by atoms with Crippen LogP contribution >= 0.6 is 11.8 Å². The maximum atomic E-state index is 14.2. The van der Waals surface area contributed by atoms with Crippen LogP contribution in [0.4, 0.5) is 0 Å². The van der Waals surface area contributed by atoms with Crippen molar-refractivity contribution in [2.24, 2.45) is 0 Å². The molecule has 2 aromatic carbocycles. The van der Waals surface area contributed by atoms with Crippen LogP contribution in [0.25, 0.3) is 0 Å². The highest BCUT2D eigenvalue weighted by Crippen LogP contribution is 2.38. The first-order valence-corrected chi connectivity index (χ1v) is 19.0. The van der Waals surface area contributed by atoms with E-state index in [2.05, 4.69) is 76.2 Å². The van der Waals surface area contributed by atoms with E-state index in [-0.39, 0.29) is 41.9 Å². The zero-order valence-electron chi connectivity index (χ0n) is 27.1. The van der Waals surface area contributed by atoms with E-state index >= 15 is 0 Å². The van der Waals surface area contributed by atoms with Gasteiger partial charge in [-0.05, 0) is 40.5 Å². The first-order chi connectivity index (χ1) is 22.1. The molecule has 2 aliphatic rings. The summed E-state index contributed by atoms with van der Waals surface area (Å²) in [6.45, 7) is 9.53. The summed E-state index contributed by atoms with van der Waals surface area (Å²) in [7, 11) is -2.80. The molecule has 1 saturated heterocycles. The number of amides is 1. The number of aliphatic hydroxyl groups is 1. The van der Waals surface area contributed by atoms with Crippen molar-refractivity contribution in [1.82, 2.24) is 9.88 Å². The van der Waals surface area contributed by atoms with E-state index in [0.29, 0.717) is 36.3 Å². The Labute approximate surface area is 277 Å². The van der Waals surface area contributed by atoms with Crippen LogP contribution in [-0.2, 0) is 20.4 Å². The smallest absolute Gasteiger partial charge is 0.261 e. The molecule has 0 bridgehead atoms.